The van der Waals surface area contributed by atoms with Gasteiger partial charge in [0.05, 0.1) is 17.1 Å². The van der Waals surface area contributed by atoms with Gasteiger partial charge in [-0.25, -0.2) is 9.67 Å². The van der Waals surface area contributed by atoms with Crippen LogP contribution in [0.15, 0.2) is 88.5 Å². The molecular formula is C23H23BrN4OS. The zero-order chi connectivity index (χ0) is 20.4. The monoisotopic (exact) mass is 482 g/mol. The lowest BCUT2D eigenvalue weighted by molar-refractivity contribution is 0.630. The van der Waals surface area contributed by atoms with Crippen LogP contribution >= 0.6 is 28.3 Å². The Morgan fingerprint density at radius 3 is 2.33 bits per heavy atom. The minimum absolute atomic E-state index is 0. The van der Waals surface area contributed by atoms with Crippen molar-refractivity contribution in [3.05, 3.63) is 99.5 Å². The first-order valence-electron chi connectivity index (χ1n) is 9.35. The lowest BCUT2D eigenvalue weighted by atomic mass is 10.2. The highest BCUT2D eigenvalue weighted by molar-refractivity contribution is 8.93. The summed E-state index contributed by atoms with van der Waals surface area (Å²) in [6.07, 6.45) is 1.85. The van der Waals surface area contributed by atoms with Crippen LogP contribution in [0.1, 0.15) is 5.69 Å². The number of allylic oxidation sites excluding steroid dienone is 1. The highest BCUT2D eigenvalue weighted by Crippen LogP contribution is 2.21. The topological polar surface area (TPSA) is 44.2 Å². The lowest BCUT2D eigenvalue weighted by Crippen LogP contribution is -2.20. The quantitative estimate of drug-likeness (QED) is 0.368. The summed E-state index contributed by atoms with van der Waals surface area (Å²) < 4.78 is 5.59. The summed E-state index contributed by atoms with van der Waals surface area (Å²) in [6.45, 7) is 6.42. The van der Waals surface area contributed by atoms with E-state index in [1.54, 1.807) is 4.68 Å². The van der Waals surface area contributed by atoms with E-state index in [-0.39, 0.29) is 22.5 Å². The standard InChI is InChI=1S/C23H22N4OS.BrH/c1-4-15-26-20(18-11-7-5-8-12-18)16-29-23(26)24-21-17(2)25(3)27(22(21)28)19-13-9-6-10-14-19;/h4-14,16H,1,15H2,2-3H3;1H. The van der Waals surface area contributed by atoms with Crippen molar-refractivity contribution in [3.8, 4) is 16.9 Å². The number of para-hydroxylation sites is 1. The van der Waals surface area contributed by atoms with Crippen molar-refractivity contribution in [2.45, 2.75) is 13.5 Å². The van der Waals surface area contributed by atoms with Crippen LogP contribution in [0.4, 0.5) is 5.69 Å². The summed E-state index contributed by atoms with van der Waals surface area (Å²) in [5, 5.41) is 2.08. The first-order chi connectivity index (χ1) is 14.1. The normalized spacial score (nSPS) is 11.3. The molecule has 0 atom stereocenters. The Morgan fingerprint density at radius 1 is 1.07 bits per heavy atom. The van der Waals surface area contributed by atoms with Crippen molar-refractivity contribution in [1.82, 2.24) is 13.9 Å². The Hall–Kier alpha value is -2.90. The Kier molecular flexibility index (Phi) is 6.74. The van der Waals surface area contributed by atoms with Crippen LogP contribution in [-0.4, -0.2) is 13.9 Å². The van der Waals surface area contributed by atoms with Gasteiger partial charge in [-0.2, -0.15) is 0 Å². The Balaban J connectivity index is 0.00000256. The predicted octanol–water partition coefficient (Wildman–Crippen LogP) is 5.01. The molecule has 0 radical (unpaired) electrons. The highest BCUT2D eigenvalue weighted by Gasteiger charge is 2.16. The molecule has 0 fully saturated rings. The third kappa shape index (κ3) is 3.91. The minimum Gasteiger partial charge on any atom is -0.313 e. The third-order valence-corrected chi connectivity index (χ3v) is 5.77. The fourth-order valence-corrected chi connectivity index (χ4v) is 4.27. The molecule has 0 aliphatic rings. The fourth-order valence-electron chi connectivity index (χ4n) is 3.34. The Labute approximate surface area is 189 Å². The van der Waals surface area contributed by atoms with E-state index < -0.39 is 0 Å². The number of hydrogen-bond acceptors (Lipinski definition) is 3. The molecule has 30 heavy (non-hydrogen) atoms. The summed E-state index contributed by atoms with van der Waals surface area (Å²) in [5.41, 5.74) is 4.13. The summed E-state index contributed by atoms with van der Waals surface area (Å²) in [4.78, 5) is 18.7. The van der Waals surface area contributed by atoms with E-state index in [4.69, 9.17) is 4.99 Å². The number of thiazole rings is 1. The van der Waals surface area contributed by atoms with Gasteiger partial charge in [0.2, 0.25) is 0 Å². The number of benzene rings is 2. The molecule has 0 spiro atoms. The van der Waals surface area contributed by atoms with E-state index in [0.717, 1.165) is 27.4 Å². The maximum Gasteiger partial charge on any atom is 0.297 e. The van der Waals surface area contributed by atoms with Gasteiger partial charge >= 0.3 is 0 Å². The van der Waals surface area contributed by atoms with Crippen molar-refractivity contribution < 1.29 is 0 Å². The van der Waals surface area contributed by atoms with Gasteiger partial charge in [0, 0.05) is 19.0 Å². The first-order valence-corrected chi connectivity index (χ1v) is 10.2. The third-order valence-electron chi connectivity index (χ3n) is 4.91. The van der Waals surface area contributed by atoms with Crippen LogP contribution in [0.25, 0.3) is 16.9 Å². The van der Waals surface area contributed by atoms with Crippen LogP contribution in [0.5, 0.6) is 0 Å². The number of rotatable bonds is 5. The molecule has 154 valence electrons. The zero-order valence-corrected chi connectivity index (χ0v) is 19.4. The molecule has 5 nitrogen and oxygen atoms in total. The van der Waals surface area contributed by atoms with Crippen molar-refractivity contribution in [2.24, 2.45) is 12.0 Å². The smallest absolute Gasteiger partial charge is 0.297 e. The van der Waals surface area contributed by atoms with Crippen molar-refractivity contribution in [1.29, 1.82) is 0 Å². The van der Waals surface area contributed by atoms with Crippen molar-refractivity contribution in [3.63, 3.8) is 0 Å². The Bertz CT molecular complexity index is 1280. The predicted molar refractivity (Wildman–Crippen MR) is 129 cm³/mol. The molecule has 0 aliphatic heterocycles. The molecular weight excluding hydrogens is 460 g/mol. The zero-order valence-electron chi connectivity index (χ0n) is 16.9. The number of nitrogens with zero attached hydrogens (tertiary/aromatic N) is 4. The molecule has 2 heterocycles. The van der Waals surface area contributed by atoms with E-state index in [2.05, 4.69) is 28.7 Å². The minimum atomic E-state index is -0.129. The number of hydrogen-bond donors (Lipinski definition) is 0. The van der Waals surface area contributed by atoms with Crippen LogP contribution in [0.3, 0.4) is 0 Å². The molecule has 0 unspecified atom stereocenters. The van der Waals surface area contributed by atoms with Gasteiger partial charge in [0.25, 0.3) is 5.56 Å². The summed E-state index contributed by atoms with van der Waals surface area (Å²) >= 11 is 1.53. The second-order valence-corrected chi connectivity index (χ2v) is 7.53. The molecule has 2 aromatic heterocycles. The van der Waals surface area contributed by atoms with Gasteiger partial charge in [-0.05, 0) is 24.6 Å². The molecule has 7 heteroatoms. The van der Waals surface area contributed by atoms with Crippen molar-refractivity contribution in [2.75, 3.05) is 0 Å². The van der Waals surface area contributed by atoms with E-state index in [1.165, 1.54) is 11.3 Å². The van der Waals surface area contributed by atoms with Gasteiger partial charge in [-0.15, -0.1) is 34.9 Å². The molecule has 0 aliphatic carbocycles. The van der Waals surface area contributed by atoms with E-state index in [1.807, 2.05) is 73.3 Å². The average molecular weight is 483 g/mol. The molecule has 0 saturated heterocycles. The van der Waals surface area contributed by atoms with E-state index in [9.17, 15) is 4.79 Å². The van der Waals surface area contributed by atoms with Crippen LogP contribution < -0.4 is 10.4 Å². The molecule has 2 aromatic carbocycles. The van der Waals surface area contributed by atoms with Crippen molar-refractivity contribution >= 4 is 34.0 Å². The maximum atomic E-state index is 13.2. The SMILES string of the molecule is Br.C=CCn1c(-c2ccccc2)csc1=Nc1c(C)n(C)n(-c2ccccc2)c1=O. The second kappa shape index (κ2) is 9.28. The summed E-state index contributed by atoms with van der Waals surface area (Å²) in [7, 11) is 1.88. The molecule has 4 aromatic rings. The van der Waals surface area contributed by atoms with Gasteiger partial charge < -0.3 is 4.57 Å². The Morgan fingerprint density at radius 2 is 1.70 bits per heavy atom. The molecule has 0 saturated carbocycles. The molecule has 0 bridgehead atoms. The van der Waals surface area contributed by atoms with Crippen LogP contribution in [-0.2, 0) is 13.6 Å². The maximum absolute atomic E-state index is 13.2. The van der Waals surface area contributed by atoms with E-state index in [0.29, 0.717) is 12.2 Å². The van der Waals surface area contributed by atoms with Gasteiger partial charge in [-0.3, -0.25) is 9.48 Å². The van der Waals surface area contributed by atoms with Crippen LogP contribution in [0, 0.1) is 6.92 Å². The van der Waals surface area contributed by atoms with E-state index >= 15 is 0 Å². The van der Waals surface area contributed by atoms with Gasteiger partial charge in [0.15, 0.2) is 10.5 Å². The van der Waals surface area contributed by atoms with Crippen LogP contribution in [0.2, 0.25) is 0 Å². The highest BCUT2D eigenvalue weighted by atomic mass is 79.9. The summed E-state index contributed by atoms with van der Waals surface area (Å²) in [5.74, 6) is 0. The summed E-state index contributed by atoms with van der Waals surface area (Å²) in [6, 6.07) is 19.8. The molecule has 0 amide bonds. The first kappa shape index (κ1) is 21.8. The van der Waals surface area contributed by atoms with Gasteiger partial charge in [0.1, 0.15) is 0 Å². The molecule has 0 N–H and O–H groups in total. The average Bonchev–Trinajstić information content (AvgIpc) is 3.24. The largest absolute Gasteiger partial charge is 0.313 e. The second-order valence-electron chi connectivity index (χ2n) is 6.69. The molecule has 4 rings (SSSR count). The number of halogens is 1. The lowest BCUT2D eigenvalue weighted by Gasteiger charge is -2.07. The fraction of sp³-hybridized carbons (Fsp3) is 0.130. The number of aromatic nitrogens is 3. The van der Waals surface area contributed by atoms with Gasteiger partial charge in [-0.1, -0.05) is 54.6 Å².